The van der Waals surface area contributed by atoms with Crippen LogP contribution in [0, 0.1) is 5.92 Å². The number of nitrogens with one attached hydrogen (secondary N) is 2. The van der Waals surface area contributed by atoms with Gasteiger partial charge in [-0.05, 0) is 44.4 Å². The predicted molar refractivity (Wildman–Crippen MR) is 142 cm³/mol. The maximum Gasteiger partial charge on any atom is 0.319 e. The van der Waals surface area contributed by atoms with Crippen LogP contribution in [-0.2, 0) is 11.3 Å². The third-order valence-corrected chi connectivity index (χ3v) is 6.48. The number of amides is 3. The van der Waals surface area contributed by atoms with E-state index in [1.165, 1.54) is 5.56 Å². The summed E-state index contributed by atoms with van der Waals surface area (Å²) in [5.74, 6) is 0.497. The zero-order valence-electron chi connectivity index (χ0n) is 22.3. The maximum absolute atomic E-state index is 13.4. The molecule has 0 fully saturated rings. The third-order valence-electron chi connectivity index (χ3n) is 6.48. The topological polar surface area (TPSA) is 83.1 Å². The number of methoxy groups -OCH3 is 1. The minimum Gasteiger partial charge on any atom is -0.491 e. The van der Waals surface area contributed by atoms with Crippen LogP contribution in [0.2, 0.25) is 0 Å². The number of rotatable bonds is 5. The average Bonchev–Trinajstić information content (AvgIpc) is 2.84. The van der Waals surface area contributed by atoms with Crippen molar-refractivity contribution in [2.45, 2.75) is 52.4 Å². The van der Waals surface area contributed by atoms with Gasteiger partial charge in [-0.2, -0.15) is 0 Å². The third kappa shape index (κ3) is 7.45. The molecule has 1 aliphatic rings. The molecule has 3 amide bonds. The lowest BCUT2D eigenvalue weighted by molar-refractivity contribution is 0.00922. The van der Waals surface area contributed by atoms with Crippen molar-refractivity contribution in [1.82, 2.24) is 15.1 Å². The van der Waals surface area contributed by atoms with E-state index in [4.69, 9.17) is 9.47 Å². The van der Waals surface area contributed by atoms with Crippen molar-refractivity contribution in [1.29, 1.82) is 0 Å². The van der Waals surface area contributed by atoms with Crippen LogP contribution in [0.1, 0.15) is 43.6 Å². The van der Waals surface area contributed by atoms with Gasteiger partial charge >= 0.3 is 6.03 Å². The number of anilines is 1. The lowest BCUT2D eigenvalue weighted by Crippen LogP contribution is -2.46. The van der Waals surface area contributed by atoms with E-state index in [0.717, 1.165) is 13.1 Å². The Morgan fingerprint density at radius 3 is 2.53 bits per heavy atom. The largest absolute Gasteiger partial charge is 0.491 e. The molecule has 0 aromatic heterocycles. The van der Waals surface area contributed by atoms with Gasteiger partial charge in [-0.3, -0.25) is 9.69 Å². The summed E-state index contributed by atoms with van der Waals surface area (Å²) in [5.41, 5.74) is 2.25. The summed E-state index contributed by atoms with van der Waals surface area (Å²) < 4.78 is 12.1. The number of fused-ring (bicyclic) bond motifs is 1. The highest BCUT2D eigenvalue weighted by atomic mass is 16.5. The highest BCUT2D eigenvalue weighted by Gasteiger charge is 2.28. The second kappa shape index (κ2) is 12.7. The Morgan fingerprint density at radius 1 is 1.14 bits per heavy atom. The molecule has 8 nitrogen and oxygen atoms in total. The van der Waals surface area contributed by atoms with Crippen molar-refractivity contribution in [3.63, 3.8) is 0 Å². The van der Waals surface area contributed by atoms with Gasteiger partial charge in [-0.1, -0.05) is 37.3 Å². The van der Waals surface area contributed by atoms with Crippen LogP contribution in [0.25, 0.3) is 0 Å². The Labute approximate surface area is 214 Å². The first-order valence-corrected chi connectivity index (χ1v) is 12.6. The van der Waals surface area contributed by atoms with Gasteiger partial charge in [0.25, 0.3) is 5.91 Å². The monoisotopic (exact) mass is 496 g/mol. The van der Waals surface area contributed by atoms with Gasteiger partial charge in [-0.15, -0.1) is 0 Å². The van der Waals surface area contributed by atoms with Gasteiger partial charge < -0.3 is 25.0 Å². The molecule has 3 rings (SSSR count). The molecule has 196 valence electrons. The van der Waals surface area contributed by atoms with E-state index >= 15 is 0 Å². The number of likely N-dealkylation sites (N-methyl/N-ethyl adjacent to an activating group) is 1. The number of urea groups is 1. The van der Waals surface area contributed by atoms with E-state index < -0.39 is 0 Å². The van der Waals surface area contributed by atoms with Gasteiger partial charge in [0.15, 0.2) is 0 Å². The summed E-state index contributed by atoms with van der Waals surface area (Å²) >= 11 is 0. The van der Waals surface area contributed by atoms with Crippen molar-refractivity contribution >= 4 is 17.6 Å². The lowest BCUT2D eigenvalue weighted by Gasteiger charge is -2.36. The summed E-state index contributed by atoms with van der Waals surface area (Å²) in [7, 11) is 3.48. The van der Waals surface area contributed by atoms with Crippen molar-refractivity contribution < 1.29 is 19.1 Å². The molecule has 0 radical (unpaired) electrons. The molecule has 2 aromatic carbocycles. The molecular weight excluding hydrogens is 456 g/mol. The number of hydrogen-bond donors (Lipinski definition) is 2. The Balaban J connectivity index is 1.91. The number of carbonyl (C=O) groups is 2. The molecule has 0 spiro atoms. The van der Waals surface area contributed by atoms with Crippen molar-refractivity contribution in [2.75, 3.05) is 39.2 Å². The highest BCUT2D eigenvalue weighted by Crippen LogP contribution is 2.27. The van der Waals surface area contributed by atoms with E-state index in [2.05, 4.69) is 53.6 Å². The Morgan fingerprint density at radius 2 is 1.86 bits per heavy atom. The minimum atomic E-state index is -0.305. The fourth-order valence-corrected chi connectivity index (χ4v) is 4.39. The van der Waals surface area contributed by atoms with Gasteiger partial charge in [-0.25, -0.2) is 4.79 Å². The first-order valence-electron chi connectivity index (χ1n) is 12.6. The van der Waals surface area contributed by atoms with Gasteiger partial charge in [0, 0.05) is 57.6 Å². The highest BCUT2D eigenvalue weighted by molar-refractivity contribution is 5.98. The number of carbonyl (C=O) groups excluding carboxylic acids is 2. The second-order valence-corrected chi connectivity index (χ2v) is 9.98. The zero-order chi connectivity index (χ0) is 26.2. The maximum atomic E-state index is 13.4. The van der Waals surface area contributed by atoms with Crippen LogP contribution in [0.3, 0.4) is 0 Å². The van der Waals surface area contributed by atoms with Crippen molar-refractivity contribution in [3.05, 3.63) is 59.7 Å². The van der Waals surface area contributed by atoms with Crippen molar-refractivity contribution in [2.24, 2.45) is 5.92 Å². The average molecular weight is 497 g/mol. The molecule has 0 unspecified atom stereocenters. The van der Waals surface area contributed by atoms with E-state index in [1.807, 2.05) is 19.9 Å². The number of benzene rings is 2. The van der Waals surface area contributed by atoms with Crippen molar-refractivity contribution in [3.8, 4) is 5.75 Å². The van der Waals surface area contributed by atoms with Crippen LogP contribution >= 0.6 is 0 Å². The number of ether oxygens (including phenoxy) is 2. The molecule has 36 heavy (non-hydrogen) atoms. The minimum absolute atomic E-state index is 0.00772. The summed E-state index contributed by atoms with van der Waals surface area (Å²) in [5, 5.41) is 5.63. The SMILES string of the molecule is CO[C@@H]1CN(C)C(=O)c2ccc(NC(=O)NC(C)C)cc2OC[C@@H](C)N(Cc2ccccc2)C[C@@H]1C. The molecular formula is C28H40N4O4. The van der Waals surface area contributed by atoms with Crippen LogP contribution in [-0.4, -0.2) is 73.8 Å². The van der Waals surface area contributed by atoms with Crippen LogP contribution in [0.15, 0.2) is 48.5 Å². The molecule has 0 bridgehead atoms. The molecule has 1 heterocycles. The van der Waals surface area contributed by atoms with Crippen LogP contribution in [0.5, 0.6) is 5.75 Å². The molecule has 0 aliphatic carbocycles. The lowest BCUT2D eigenvalue weighted by atomic mass is 10.0. The van der Waals surface area contributed by atoms with E-state index in [-0.39, 0.29) is 36.0 Å². The molecule has 0 saturated carbocycles. The molecule has 1 aliphatic heterocycles. The summed E-state index contributed by atoms with van der Waals surface area (Å²) in [4.78, 5) is 29.7. The standard InChI is InChI=1S/C28H40N4O4/c1-19(2)29-28(34)30-23-12-13-24-25(14-23)36-18-21(4)32(16-22-10-8-7-9-11-22)15-20(3)26(35-6)17-31(5)27(24)33/h7-14,19-21,26H,15-18H2,1-6H3,(H2,29,30,34)/t20-,21+,26+/m0/s1. The molecule has 0 saturated heterocycles. The smallest absolute Gasteiger partial charge is 0.319 e. The fourth-order valence-electron chi connectivity index (χ4n) is 4.39. The number of nitrogens with zero attached hydrogens (tertiary/aromatic N) is 2. The molecule has 8 heteroatoms. The second-order valence-electron chi connectivity index (χ2n) is 9.98. The van der Waals surface area contributed by atoms with Gasteiger partial charge in [0.05, 0.1) is 11.7 Å². The summed E-state index contributed by atoms with van der Waals surface area (Å²) in [6.07, 6.45) is -0.117. The zero-order valence-corrected chi connectivity index (χ0v) is 22.3. The predicted octanol–water partition coefficient (Wildman–Crippen LogP) is 4.22. The number of hydrogen-bond acceptors (Lipinski definition) is 5. The fraction of sp³-hybridized carbons (Fsp3) is 0.500. The Bertz CT molecular complexity index is 1010. The molecule has 2 N–H and O–H groups in total. The Hall–Kier alpha value is -3.10. The summed E-state index contributed by atoms with van der Waals surface area (Å²) in [6, 6.07) is 15.3. The molecule has 2 aromatic rings. The normalized spacial score (nSPS) is 21.7. The van der Waals surface area contributed by atoms with E-state index in [0.29, 0.717) is 30.2 Å². The first kappa shape index (κ1) is 27.5. The first-order chi connectivity index (χ1) is 17.2. The van der Waals surface area contributed by atoms with Gasteiger partial charge in [0.2, 0.25) is 0 Å². The Kier molecular flexibility index (Phi) is 9.73. The summed E-state index contributed by atoms with van der Waals surface area (Å²) in [6.45, 7) is 10.5. The van der Waals surface area contributed by atoms with Crippen LogP contribution in [0.4, 0.5) is 10.5 Å². The van der Waals surface area contributed by atoms with E-state index in [1.54, 1.807) is 37.3 Å². The molecule has 3 atom stereocenters. The quantitative estimate of drug-likeness (QED) is 0.648. The van der Waals surface area contributed by atoms with Gasteiger partial charge in [0.1, 0.15) is 12.4 Å². The van der Waals surface area contributed by atoms with Crippen LogP contribution < -0.4 is 15.4 Å². The van der Waals surface area contributed by atoms with E-state index in [9.17, 15) is 9.59 Å².